The number of ether oxygens (including phenoxy) is 4. The number of benzene rings is 4. The molecule has 0 amide bonds. The molecule has 5 atom stereocenters. The van der Waals surface area contributed by atoms with Gasteiger partial charge in [-0.3, -0.25) is 28.0 Å². The van der Waals surface area contributed by atoms with Gasteiger partial charge in [0.05, 0.1) is 27.4 Å². The molecule has 0 aliphatic carbocycles. The molecule has 17 nitrogen and oxygen atoms in total. The molecule has 2 heterocycles. The van der Waals surface area contributed by atoms with E-state index in [2.05, 4.69) is 20.1 Å². The Morgan fingerprint density at radius 3 is 1.87 bits per heavy atom. The lowest BCUT2D eigenvalue weighted by Gasteiger charge is -2.37. The summed E-state index contributed by atoms with van der Waals surface area (Å²) in [5, 5.41) is 29.4. The molecule has 4 aromatic carbocycles. The second-order valence-electron chi connectivity index (χ2n) is 16.8. The van der Waals surface area contributed by atoms with Crippen LogP contribution in [0.1, 0.15) is 76.4 Å². The van der Waals surface area contributed by atoms with Gasteiger partial charge in [-0.1, -0.05) is 117 Å². The number of rotatable bonds is 20. The van der Waals surface area contributed by atoms with Crippen LogP contribution in [0.25, 0.3) is 0 Å². The Morgan fingerprint density at radius 2 is 1.38 bits per heavy atom. The first-order valence-corrected chi connectivity index (χ1v) is 24.6. The normalized spacial score (nSPS) is 18.8. The highest BCUT2D eigenvalue weighted by Gasteiger charge is 2.54. The smallest absolute Gasteiger partial charge is 0.405 e. The van der Waals surface area contributed by atoms with Crippen LogP contribution in [0.5, 0.6) is 11.5 Å². The maximum atomic E-state index is 14.1. The number of nitrogens with one attached hydrogen (secondary N) is 2. The fourth-order valence-electron chi connectivity index (χ4n) is 7.24. The van der Waals surface area contributed by atoms with E-state index >= 15 is 0 Å². The van der Waals surface area contributed by atoms with Crippen molar-refractivity contribution >= 4 is 42.4 Å². The van der Waals surface area contributed by atoms with Crippen LogP contribution in [0.2, 0.25) is 0 Å². The van der Waals surface area contributed by atoms with Crippen LogP contribution in [0, 0.1) is 5.41 Å². The van der Waals surface area contributed by atoms with Crippen LogP contribution in [-0.2, 0) is 49.6 Å². The Hall–Kier alpha value is -5.69. The fraction of sp³-hybridized carbons (Fsp3) is 0.380. The number of aliphatic hydroxyl groups excluding tert-OH is 1. The maximum absolute atomic E-state index is 14.1. The molecule has 1 aliphatic rings. The molecular weight excluding hydrogens is 928 g/mol. The van der Waals surface area contributed by atoms with Crippen molar-refractivity contribution in [2.45, 2.75) is 84.1 Å². The summed E-state index contributed by atoms with van der Waals surface area (Å²) in [5.74, 6) is 0.645. The molecular formula is C50H61N4O13PS. The Bertz CT molecular complexity index is 2520. The second-order valence-corrected chi connectivity index (χ2v) is 19.7. The van der Waals surface area contributed by atoms with Gasteiger partial charge in [0.25, 0.3) is 0 Å². The lowest BCUT2D eigenvalue weighted by Crippen LogP contribution is -2.46. The molecule has 0 radical (unpaired) electrons. The molecule has 370 valence electrons. The van der Waals surface area contributed by atoms with E-state index in [-0.39, 0.29) is 29.8 Å². The van der Waals surface area contributed by atoms with Gasteiger partial charge < -0.3 is 34.5 Å². The number of aliphatic hydroxyl groups is 2. The zero-order valence-electron chi connectivity index (χ0n) is 39.9. The largest absolute Gasteiger partial charge is 0.497 e. The van der Waals surface area contributed by atoms with Crippen LogP contribution in [0.4, 0.5) is 5.82 Å². The van der Waals surface area contributed by atoms with Crippen LogP contribution < -0.4 is 25.6 Å². The quantitative estimate of drug-likeness (QED) is 0.0196. The van der Waals surface area contributed by atoms with E-state index in [4.69, 9.17) is 23.3 Å². The number of carbonyl (C=O) groups excluding carboxylic acids is 3. The van der Waals surface area contributed by atoms with Crippen LogP contribution in [0.3, 0.4) is 0 Å². The van der Waals surface area contributed by atoms with Gasteiger partial charge in [0.1, 0.15) is 40.7 Å². The molecule has 1 fully saturated rings. The number of thioether (sulfide) groups is 1. The predicted molar refractivity (Wildman–Crippen MR) is 262 cm³/mol. The molecule has 6 rings (SSSR count). The van der Waals surface area contributed by atoms with Gasteiger partial charge in [0.15, 0.2) is 11.3 Å². The van der Waals surface area contributed by atoms with E-state index in [9.17, 15) is 34.0 Å². The molecule has 19 heteroatoms. The standard InChI is InChI=1S/C46H55N4O10PS.C4H6O3/c1-7-44(2,3)42(52)62-29-28-58-61(55,47-30-32-14-10-8-11-15-32)59-31-38-40(51)45(4,54)41(60-38)50-27-26-39(48-43(50)53)49-46(33-16-12-9-13-17-33,34-18-22-36(56-5)23-19-34)35-20-24-37(57-6)25-21-35;1-3(5)7-4(2)6/h8-27,38,40-41,51,54H,7,28-31H2,1-6H3,(H,47,55)(H,48,49,53);1-2H3/t38-,40+,41-,45?,61?;/m1./s1. The number of anilines is 1. The summed E-state index contributed by atoms with van der Waals surface area (Å²) in [6.45, 7) is 8.96. The molecule has 69 heavy (non-hydrogen) atoms. The Labute approximate surface area is 406 Å². The number of esters is 2. The molecule has 0 spiro atoms. The number of hydrogen-bond donors (Lipinski definition) is 4. The number of aromatic nitrogens is 2. The third-order valence-corrected chi connectivity index (χ3v) is 14.2. The number of nitrogens with zero attached hydrogens (tertiary/aromatic N) is 2. The molecule has 1 saturated heterocycles. The van der Waals surface area contributed by atoms with E-state index in [1.165, 1.54) is 27.0 Å². The van der Waals surface area contributed by atoms with Crippen molar-refractivity contribution in [1.82, 2.24) is 14.6 Å². The van der Waals surface area contributed by atoms with Crippen molar-refractivity contribution in [1.29, 1.82) is 0 Å². The van der Waals surface area contributed by atoms with Gasteiger partial charge in [-0.05, 0) is 65.9 Å². The Kier molecular flexibility index (Phi) is 19.1. The lowest BCUT2D eigenvalue weighted by molar-refractivity contribution is -0.156. The van der Waals surface area contributed by atoms with Crippen molar-refractivity contribution in [3.8, 4) is 11.5 Å². The Morgan fingerprint density at radius 1 is 0.841 bits per heavy atom. The van der Waals surface area contributed by atoms with E-state index in [1.54, 1.807) is 20.3 Å². The SMILES string of the molecule is CC(=O)OC(C)=O.CCC(C)(C)C(=O)SCCOP(=O)(NCc1ccccc1)OC[C@H]1O[C@@H](n2ccc(NC(c3ccccc3)(c3ccc(OC)cc3)c3ccc(OC)cc3)nc2=O)C(C)(O)[C@H]1O. The zero-order chi connectivity index (χ0) is 50.4. The molecule has 0 bridgehead atoms. The summed E-state index contributed by atoms with van der Waals surface area (Å²) in [5.41, 5.74) is -1.09. The summed E-state index contributed by atoms with van der Waals surface area (Å²) in [6, 6.07) is 35.7. The predicted octanol–water partition coefficient (Wildman–Crippen LogP) is 7.40. The highest BCUT2D eigenvalue weighted by molar-refractivity contribution is 8.13. The molecule has 1 aromatic heterocycles. The topological polar surface area (TPSA) is 223 Å². The minimum atomic E-state index is -4.08. The number of carbonyl (C=O) groups is 3. The number of methoxy groups -OCH3 is 2. The minimum absolute atomic E-state index is 0.00844. The monoisotopic (exact) mass is 988 g/mol. The third-order valence-electron chi connectivity index (χ3n) is 11.4. The zero-order valence-corrected chi connectivity index (χ0v) is 41.7. The average molecular weight is 989 g/mol. The van der Waals surface area contributed by atoms with Crippen molar-refractivity contribution in [2.75, 3.05) is 38.5 Å². The highest BCUT2D eigenvalue weighted by Crippen LogP contribution is 2.47. The molecule has 4 N–H and O–H groups in total. The van der Waals surface area contributed by atoms with Crippen LogP contribution >= 0.6 is 19.5 Å². The van der Waals surface area contributed by atoms with Crippen molar-refractivity contribution in [3.05, 3.63) is 154 Å². The lowest BCUT2D eigenvalue weighted by atomic mass is 9.77. The molecule has 2 unspecified atom stereocenters. The highest BCUT2D eigenvalue weighted by atomic mass is 32.2. The molecule has 5 aromatic rings. The summed E-state index contributed by atoms with van der Waals surface area (Å²) in [4.78, 5) is 50.7. The minimum Gasteiger partial charge on any atom is -0.497 e. The first kappa shape index (κ1) is 54.3. The van der Waals surface area contributed by atoms with E-state index in [0.29, 0.717) is 17.9 Å². The summed E-state index contributed by atoms with van der Waals surface area (Å²) >= 11 is 1.09. The average Bonchev–Trinajstić information content (AvgIpc) is 3.57. The Balaban J connectivity index is 0.00000118. The first-order valence-electron chi connectivity index (χ1n) is 22.1. The van der Waals surface area contributed by atoms with E-state index in [0.717, 1.165) is 38.6 Å². The summed E-state index contributed by atoms with van der Waals surface area (Å²) in [6.07, 6.45) is -2.14. The van der Waals surface area contributed by atoms with Crippen LogP contribution in [0.15, 0.2) is 126 Å². The van der Waals surface area contributed by atoms with E-state index in [1.807, 2.05) is 130 Å². The summed E-state index contributed by atoms with van der Waals surface area (Å²) in [7, 11) is -0.885. The fourth-order valence-corrected chi connectivity index (χ4v) is 9.55. The van der Waals surface area contributed by atoms with Gasteiger partial charge in [0, 0.05) is 37.8 Å². The third kappa shape index (κ3) is 14.0. The number of hydrogen-bond acceptors (Lipinski definition) is 16. The van der Waals surface area contributed by atoms with Crippen LogP contribution in [-0.4, -0.2) is 87.8 Å². The van der Waals surface area contributed by atoms with Gasteiger partial charge in [-0.2, -0.15) is 4.98 Å². The van der Waals surface area contributed by atoms with Gasteiger partial charge in [-0.15, -0.1) is 0 Å². The van der Waals surface area contributed by atoms with Gasteiger partial charge in [-0.25, -0.2) is 14.4 Å². The second kappa shape index (κ2) is 24.2. The first-order chi connectivity index (χ1) is 32.8. The maximum Gasteiger partial charge on any atom is 0.405 e. The summed E-state index contributed by atoms with van der Waals surface area (Å²) < 4.78 is 47.8. The van der Waals surface area contributed by atoms with Crippen molar-refractivity contribution in [2.24, 2.45) is 5.41 Å². The van der Waals surface area contributed by atoms with Crippen molar-refractivity contribution < 1.29 is 57.2 Å². The van der Waals surface area contributed by atoms with E-state index < -0.39 is 67.0 Å². The van der Waals surface area contributed by atoms with Gasteiger partial charge >= 0.3 is 25.4 Å². The van der Waals surface area contributed by atoms with Gasteiger partial charge in [0.2, 0.25) is 0 Å². The van der Waals surface area contributed by atoms with Crippen molar-refractivity contribution in [3.63, 3.8) is 0 Å². The molecule has 1 aliphatic heterocycles. The molecule has 0 saturated carbocycles.